The van der Waals surface area contributed by atoms with Crippen LogP contribution in [0.2, 0.25) is 0 Å². The van der Waals surface area contributed by atoms with Gasteiger partial charge in [0.1, 0.15) is 0 Å². The van der Waals surface area contributed by atoms with Gasteiger partial charge in [-0.2, -0.15) is 0 Å². The first-order valence-corrected chi connectivity index (χ1v) is 9.34. The molecule has 0 unspecified atom stereocenters. The standard InChI is InChI=1S/C23H24N2O/c26-23-11-9-21-17-18(8-10-22(21)24-23)5-4-14-25-15-12-20(13-16-25)19-6-2-1-3-7-19/h1-8,10,12,17H,9,11,13-16H2,(H,24,26). The van der Waals surface area contributed by atoms with E-state index in [1.807, 2.05) is 6.07 Å². The van der Waals surface area contributed by atoms with E-state index in [4.69, 9.17) is 0 Å². The number of aryl methyl sites for hydroxylation is 1. The normalized spacial score (nSPS) is 17.7. The molecule has 2 aliphatic rings. The van der Waals surface area contributed by atoms with E-state index in [2.05, 4.69) is 70.9 Å². The van der Waals surface area contributed by atoms with Crippen molar-refractivity contribution in [2.45, 2.75) is 19.3 Å². The summed E-state index contributed by atoms with van der Waals surface area (Å²) in [6, 6.07) is 16.9. The molecule has 0 fully saturated rings. The lowest BCUT2D eigenvalue weighted by Gasteiger charge is -2.25. The number of rotatable bonds is 4. The van der Waals surface area contributed by atoms with Gasteiger partial charge in [-0.05, 0) is 47.2 Å². The van der Waals surface area contributed by atoms with Gasteiger partial charge in [0, 0.05) is 31.7 Å². The molecule has 1 N–H and O–H groups in total. The summed E-state index contributed by atoms with van der Waals surface area (Å²) in [4.78, 5) is 13.9. The average Bonchev–Trinajstić information content (AvgIpc) is 2.69. The number of carbonyl (C=O) groups is 1. The van der Waals surface area contributed by atoms with Crippen molar-refractivity contribution in [1.82, 2.24) is 4.90 Å². The summed E-state index contributed by atoms with van der Waals surface area (Å²) in [5, 5.41) is 2.93. The first kappa shape index (κ1) is 16.8. The third kappa shape index (κ3) is 3.94. The van der Waals surface area contributed by atoms with Crippen LogP contribution < -0.4 is 5.32 Å². The summed E-state index contributed by atoms with van der Waals surface area (Å²) in [6.45, 7) is 3.07. The lowest BCUT2D eigenvalue weighted by Crippen LogP contribution is -2.28. The van der Waals surface area contributed by atoms with Crippen molar-refractivity contribution in [1.29, 1.82) is 0 Å². The Morgan fingerprint density at radius 2 is 1.92 bits per heavy atom. The van der Waals surface area contributed by atoms with E-state index >= 15 is 0 Å². The third-order valence-corrected chi connectivity index (χ3v) is 5.14. The number of carbonyl (C=O) groups excluding carboxylic acids is 1. The van der Waals surface area contributed by atoms with E-state index < -0.39 is 0 Å². The van der Waals surface area contributed by atoms with Gasteiger partial charge in [-0.3, -0.25) is 9.69 Å². The number of amides is 1. The maximum absolute atomic E-state index is 11.4. The van der Waals surface area contributed by atoms with Crippen LogP contribution in [0.25, 0.3) is 11.6 Å². The van der Waals surface area contributed by atoms with Crippen molar-refractivity contribution in [3.63, 3.8) is 0 Å². The third-order valence-electron chi connectivity index (χ3n) is 5.14. The Morgan fingerprint density at radius 1 is 1.04 bits per heavy atom. The molecule has 2 aliphatic heterocycles. The van der Waals surface area contributed by atoms with Gasteiger partial charge in [-0.15, -0.1) is 0 Å². The molecule has 132 valence electrons. The summed E-state index contributed by atoms with van der Waals surface area (Å²) in [5.41, 5.74) is 6.22. The zero-order chi connectivity index (χ0) is 17.8. The highest BCUT2D eigenvalue weighted by Gasteiger charge is 2.14. The number of nitrogens with zero attached hydrogens (tertiary/aromatic N) is 1. The van der Waals surface area contributed by atoms with Crippen molar-refractivity contribution < 1.29 is 4.79 Å². The summed E-state index contributed by atoms with van der Waals surface area (Å²) in [5.74, 6) is 0.119. The van der Waals surface area contributed by atoms with Gasteiger partial charge in [0.05, 0.1) is 0 Å². The molecule has 2 heterocycles. The number of nitrogens with one attached hydrogen (secondary N) is 1. The molecule has 3 nitrogen and oxygen atoms in total. The van der Waals surface area contributed by atoms with Crippen LogP contribution in [0.5, 0.6) is 0 Å². The average molecular weight is 344 g/mol. The van der Waals surface area contributed by atoms with Crippen LogP contribution in [0.1, 0.15) is 29.5 Å². The molecular weight excluding hydrogens is 320 g/mol. The molecule has 4 rings (SSSR count). The summed E-state index contributed by atoms with van der Waals surface area (Å²) in [6.07, 6.45) is 9.31. The predicted molar refractivity (Wildman–Crippen MR) is 108 cm³/mol. The summed E-state index contributed by atoms with van der Waals surface area (Å²) < 4.78 is 0. The Bertz CT molecular complexity index is 852. The Morgan fingerprint density at radius 3 is 2.73 bits per heavy atom. The first-order valence-electron chi connectivity index (χ1n) is 9.34. The molecule has 2 aromatic carbocycles. The maximum atomic E-state index is 11.4. The van der Waals surface area contributed by atoms with Crippen molar-refractivity contribution in [3.05, 3.63) is 77.4 Å². The van der Waals surface area contributed by atoms with Gasteiger partial charge >= 0.3 is 0 Å². The lowest BCUT2D eigenvalue weighted by molar-refractivity contribution is -0.116. The van der Waals surface area contributed by atoms with Gasteiger partial charge in [-0.1, -0.05) is 54.6 Å². The van der Waals surface area contributed by atoms with Crippen LogP contribution in [-0.4, -0.2) is 30.4 Å². The second-order valence-corrected chi connectivity index (χ2v) is 6.97. The van der Waals surface area contributed by atoms with Crippen LogP contribution in [0.4, 0.5) is 5.69 Å². The van der Waals surface area contributed by atoms with Gasteiger partial charge in [0.2, 0.25) is 5.91 Å². The van der Waals surface area contributed by atoms with Crippen LogP contribution in [0, 0.1) is 0 Å². The molecule has 0 atom stereocenters. The molecule has 0 bridgehead atoms. The predicted octanol–water partition coefficient (Wildman–Crippen LogP) is 4.37. The molecule has 0 radical (unpaired) electrons. The van der Waals surface area contributed by atoms with Crippen LogP contribution in [0.3, 0.4) is 0 Å². The molecule has 26 heavy (non-hydrogen) atoms. The van der Waals surface area contributed by atoms with Crippen molar-refractivity contribution in [2.24, 2.45) is 0 Å². The Hall–Kier alpha value is -2.65. The van der Waals surface area contributed by atoms with Crippen LogP contribution >= 0.6 is 0 Å². The molecule has 3 heteroatoms. The molecule has 0 saturated heterocycles. The van der Waals surface area contributed by atoms with E-state index in [-0.39, 0.29) is 5.91 Å². The Labute approximate surface area is 155 Å². The van der Waals surface area contributed by atoms with E-state index in [1.165, 1.54) is 22.3 Å². The topological polar surface area (TPSA) is 32.3 Å². The largest absolute Gasteiger partial charge is 0.326 e. The number of hydrogen-bond acceptors (Lipinski definition) is 2. The second kappa shape index (κ2) is 7.71. The Balaban J connectivity index is 1.34. The van der Waals surface area contributed by atoms with Crippen LogP contribution in [0.15, 0.2) is 60.7 Å². The molecule has 0 aliphatic carbocycles. The highest BCUT2D eigenvalue weighted by atomic mass is 16.1. The molecular formula is C23H24N2O. The molecule has 0 saturated carbocycles. The zero-order valence-electron chi connectivity index (χ0n) is 14.9. The van der Waals surface area contributed by atoms with Crippen LogP contribution in [-0.2, 0) is 11.2 Å². The highest BCUT2D eigenvalue weighted by molar-refractivity contribution is 5.94. The zero-order valence-corrected chi connectivity index (χ0v) is 14.9. The fraction of sp³-hybridized carbons (Fsp3) is 0.261. The minimum Gasteiger partial charge on any atom is -0.326 e. The quantitative estimate of drug-likeness (QED) is 0.893. The molecule has 2 aromatic rings. The van der Waals surface area contributed by atoms with Gasteiger partial charge in [-0.25, -0.2) is 0 Å². The Kier molecular flexibility index (Phi) is 4.98. The van der Waals surface area contributed by atoms with Gasteiger partial charge < -0.3 is 5.32 Å². The number of hydrogen-bond donors (Lipinski definition) is 1. The molecule has 0 aromatic heterocycles. The smallest absolute Gasteiger partial charge is 0.224 e. The van der Waals surface area contributed by atoms with Gasteiger partial charge in [0.25, 0.3) is 0 Å². The van der Waals surface area contributed by atoms with Crippen molar-refractivity contribution >= 4 is 23.2 Å². The number of anilines is 1. The monoisotopic (exact) mass is 344 g/mol. The minimum atomic E-state index is 0.119. The van der Waals surface area contributed by atoms with Crippen molar-refractivity contribution in [3.8, 4) is 0 Å². The summed E-state index contributed by atoms with van der Waals surface area (Å²) in [7, 11) is 0. The van der Waals surface area contributed by atoms with E-state index in [0.717, 1.165) is 38.2 Å². The maximum Gasteiger partial charge on any atom is 0.224 e. The van der Waals surface area contributed by atoms with Crippen molar-refractivity contribution in [2.75, 3.05) is 25.0 Å². The lowest BCUT2D eigenvalue weighted by atomic mass is 9.99. The molecule has 1 amide bonds. The SMILES string of the molecule is O=C1CCc2cc(C=CCN3CC=C(c4ccccc4)CC3)ccc2N1. The highest BCUT2D eigenvalue weighted by Crippen LogP contribution is 2.24. The fourth-order valence-corrected chi connectivity index (χ4v) is 3.64. The summed E-state index contributed by atoms with van der Waals surface area (Å²) >= 11 is 0. The van der Waals surface area contributed by atoms with E-state index in [9.17, 15) is 4.79 Å². The minimum absolute atomic E-state index is 0.119. The first-order chi connectivity index (χ1) is 12.8. The van der Waals surface area contributed by atoms with Gasteiger partial charge in [0.15, 0.2) is 0 Å². The van der Waals surface area contributed by atoms with E-state index in [0.29, 0.717) is 6.42 Å². The second-order valence-electron chi connectivity index (χ2n) is 6.97. The molecule has 0 spiro atoms. The fourth-order valence-electron chi connectivity index (χ4n) is 3.64. The van der Waals surface area contributed by atoms with E-state index in [1.54, 1.807) is 0 Å². The number of benzene rings is 2. The number of fused-ring (bicyclic) bond motifs is 1.